The van der Waals surface area contributed by atoms with Crippen LogP contribution in [-0.4, -0.2) is 18.1 Å². The molecule has 1 aromatic carbocycles. The van der Waals surface area contributed by atoms with Crippen molar-refractivity contribution in [2.45, 2.75) is 32.3 Å². The predicted octanol–water partition coefficient (Wildman–Crippen LogP) is 1.69. The van der Waals surface area contributed by atoms with E-state index in [4.69, 9.17) is 10.5 Å². The number of fused-ring (bicyclic) bond motifs is 1. The molecule has 1 heterocycles. The molecule has 92 valence electrons. The van der Waals surface area contributed by atoms with Crippen molar-refractivity contribution in [1.82, 2.24) is 0 Å². The van der Waals surface area contributed by atoms with Gasteiger partial charge in [-0.25, -0.2) is 0 Å². The van der Waals surface area contributed by atoms with Crippen LogP contribution in [0.5, 0.6) is 5.75 Å². The Bertz CT molecular complexity index is 441. The Balaban J connectivity index is 2.35. The van der Waals surface area contributed by atoms with Crippen LogP contribution in [0.2, 0.25) is 0 Å². The molecule has 1 aromatic rings. The van der Waals surface area contributed by atoms with Gasteiger partial charge in [0, 0.05) is 0 Å². The van der Waals surface area contributed by atoms with E-state index in [0.29, 0.717) is 13.0 Å². The molecule has 0 saturated heterocycles. The van der Waals surface area contributed by atoms with Crippen molar-refractivity contribution in [1.29, 1.82) is 0 Å². The first-order chi connectivity index (χ1) is 8.00. The van der Waals surface area contributed by atoms with Gasteiger partial charge in [-0.15, -0.1) is 0 Å². The summed E-state index contributed by atoms with van der Waals surface area (Å²) in [6.07, 6.45) is 1.15. The molecule has 0 saturated carbocycles. The highest BCUT2D eigenvalue weighted by Crippen LogP contribution is 2.33. The van der Waals surface area contributed by atoms with Crippen LogP contribution in [0, 0.1) is 0 Å². The second-order valence-electron chi connectivity index (χ2n) is 4.96. The lowest BCUT2D eigenvalue weighted by Crippen LogP contribution is -2.30. The molecule has 0 atom stereocenters. The smallest absolute Gasteiger partial charge is 0.228 e. The van der Waals surface area contributed by atoms with Crippen molar-refractivity contribution >= 4 is 11.6 Å². The van der Waals surface area contributed by atoms with Crippen LogP contribution in [0.3, 0.4) is 0 Å². The van der Waals surface area contributed by atoms with Crippen molar-refractivity contribution in [2.24, 2.45) is 5.73 Å². The average Bonchev–Trinajstić information content (AvgIpc) is 2.31. The normalized spacial score (nSPS) is 17.7. The van der Waals surface area contributed by atoms with Crippen LogP contribution in [0.15, 0.2) is 18.2 Å². The van der Waals surface area contributed by atoms with E-state index in [1.54, 1.807) is 0 Å². The van der Waals surface area contributed by atoms with Gasteiger partial charge in [0.05, 0.1) is 12.1 Å². The largest absolute Gasteiger partial charge is 0.485 e. The maximum atomic E-state index is 11.7. The first-order valence-electron chi connectivity index (χ1n) is 5.82. The Morgan fingerprint density at radius 3 is 2.94 bits per heavy atom. The van der Waals surface area contributed by atoms with Crippen LogP contribution in [-0.2, 0) is 11.2 Å². The molecule has 0 spiro atoms. The van der Waals surface area contributed by atoms with Gasteiger partial charge in [-0.05, 0) is 44.5 Å². The summed E-state index contributed by atoms with van der Waals surface area (Å²) in [4.78, 5) is 11.7. The minimum atomic E-state index is -0.468. The first-order valence-corrected chi connectivity index (χ1v) is 5.82. The molecule has 0 aromatic heterocycles. The Kier molecular flexibility index (Phi) is 3.07. The number of rotatable bonds is 2. The maximum absolute atomic E-state index is 11.7. The molecule has 0 aliphatic carbocycles. The van der Waals surface area contributed by atoms with E-state index in [9.17, 15) is 4.79 Å². The lowest BCUT2D eigenvalue weighted by atomic mass is 10.1. The molecule has 1 aliphatic rings. The summed E-state index contributed by atoms with van der Waals surface area (Å²) in [5.74, 6) is 0.709. The van der Waals surface area contributed by atoms with Gasteiger partial charge in [0.15, 0.2) is 0 Å². The van der Waals surface area contributed by atoms with Gasteiger partial charge in [-0.2, -0.15) is 0 Å². The van der Waals surface area contributed by atoms with Crippen LogP contribution >= 0.6 is 0 Å². The van der Waals surface area contributed by atoms with Crippen LogP contribution < -0.4 is 15.8 Å². The van der Waals surface area contributed by atoms with Gasteiger partial charge in [0.1, 0.15) is 11.4 Å². The average molecular weight is 234 g/mol. The third-order valence-electron chi connectivity index (χ3n) is 2.72. The highest BCUT2D eigenvalue weighted by atomic mass is 16.5. The molecule has 17 heavy (non-hydrogen) atoms. The van der Waals surface area contributed by atoms with E-state index in [1.165, 1.54) is 0 Å². The van der Waals surface area contributed by atoms with E-state index < -0.39 is 5.60 Å². The summed E-state index contributed by atoms with van der Waals surface area (Å²) in [6.45, 7) is 4.42. The molecule has 2 rings (SSSR count). The topological polar surface area (TPSA) is 64.4 Å². The van der Waals surface area contributed by atoms with Crippen molar-refractivity contribution in [3.8, 4) is 5.75 Å². The van der Waals surface area contributed by atoms with Crippen LogP contribution in [0.4, 0.5) is 5.69 Å². The van der Waals surface area contributed by atoms with E-state index in [0.717, 1.165) is 23.4 Å². The number of nitrogens with one attached hydrogen (secondary N) is 1. The molecule has 0 fully saturated rings. The van der Waals surface area contributed by atoms with E-state index >= 15 is 0 Å². The number of hydrogen-bond donors (Lipinski definition) is 2. The number of hydrogen-bond acceptors (Lipinski definition) is 3. The second kappa shape index (κ2) is 4.37. The summed E-state index contributed by atoms with van der Waals surface area (Å²) in [6, 6.07) is 5.81. The lowest BCUT2D eigenvalue weighted by molar-refractivity contribution is -0.118. The van der Waals surface area contributed by atoms with Gasteiger partial charge in [-0.1, -0.05) is 6.07 Å². The summed E-state index contributed by atoms with van der Waals surface area (Å²) >= 11 is 0. The third kappa shape index (κ3) is 2.77. The quantitative estimate of drug-likeness (QED) is 0.818. The Labute approximate surface area is 101 Å². The van der Waals surface area contributed by atoms with E-state index in [2.05, 4.69) is 5.32 Å². The molecule has 4 heteroatoms. The van der Waals surface area contributed by atoms with Crippen molar-refractivity contribution in [3.63, 3.8) is 0 Å². The number of carbonyl (C=O) groups is 1. The van der Waals surface area contributed by atoms with Crippen LogP contribution in [0.25, 0.3) is 0 Å². The minimum absolute atomic E-state index is 0.0151. The first kappa shape index (κ1) is 11.9. The minimum Gasteiger partial charge on any atom is -0.485 e. The highest BCUT2D eigenvalue weighted by molar-refractivity contribution is 5.93. The Morgan fingerprint density at radius 1 is 1.47 bits per heavy atom. The predicted molar refractivity (Wildman–Crippen MR) is 67.2 cm³/mol. The van der Waals surface area contributed by atoms with Gasteiger partial charge in [0.25, 0.3) is 0 Å². The molecule has 1 aliphatic heterocycles. The standard InChI is InChI=1S/C13H18N2O2/c1-13(2)8-12(16)15-10-7-9(5-6-14)3-4-11(10)17-13/h3-4,7H,5-6,8,14H2,1-2H3,(H,15,16). The zero-order valence-corrected chi connectivity index (χ0v) is 10.2. The van der Waals surface area contributed by atoms with Gasteiger partial charge < -0.3 is 15.8 Å². The second-order valence-corrected chi connectivity index (χ2v) is 4.96. The Hall–Kier alpha value is -1.55. The van der Waals surface area contributed by atoms with Crippen molar-refractivity contribution in [2.75, 3.05) is 11.9 Å². The molecular weight excluding hydrogens is 216 g/mol. The fraction of sp³-hybridized carbons (Fsp3) is 0.462. The van der Waals surface area contributed by atoms with Crippen LogP contribution in [0.1, 0.15) is 25.8 Å². The monoisotopic (exact) mass is 234 g/mol. The lowest BCUT2D eigenvalue weighted by Gasteiger charge is -2.23. The number of nitrogens with two attached hydrogens (primary N) is 1. The number of carbonyl (C=O) groups excluding carboxylic acids is 1. The summed E-state index contributed by atoms with van der Waals surface area (Å²) in [5, 5.41) is 2.87. The fourth-order valence-corrected chi connectivity index (χ4v) is 2.00. The van der Waals surface area contributed by atoms with Gasteiger partial charge in [-0.3, -0.25) is 4.79 Å². The third-order valence-corrected chi connectivity index (χ3v) is 2.72. The van der Waals surface area contributed by atoms with Crippen molar-refractivity contribution < 1.29 is 9.53 Å². The fourth-order valence-electron chi connectivity index (χ4n) is 2.00. The van der Waals surface area contributed by atoms with Gasteiger partial charge in [0.2, 0.25) is 5.91 Å². The Morgan fingerprint density at radius 2 is 2.24 bits per heavy atom. The van der Waals surface area contributed by atoms with E-state index in [1.807, 2.05) is 32.0 Å². The summed E-state index contributed by atoms with van der Waals surface area (Å²) < 4.78 is 5.83. The molecular formula is C13H18N2O2. The van der Waals surface area contributed by atoms with Crippen molar-refractivity contribution in [3.05, 3.63) is 23.8 Å². The zero-order valence-electron chi connectivity index (χ0n) is 10.2. The molecule has 0 bridgehead atoms. The van der Waals surface area contributed by atoms with Gasteiger partial charge >= 0.3 is 0 Å². The molecule has 4 nitrogen and oxygen atoms in total. The number of amides is 1. The number of anilines is 1. The maximum Gasteiger partial charge on any atom is 0.228 e. The van der Waals surface area contributed by atoms with E-state index in [-0.39, 0.29) is 5.91 Å². The summed E-state index contributed by atoms with van der Waals surface area (Å²) in [5.41, 5.74) is 6.90. The zero-order chi connectivity index (χ0) is 12.5. The highest BCUT2D eigenvalue weighted by Gasteiger charge is 2.28. The number of ether oxygens (including phenoxy) is 1. The molecule has 1 amide bonds. The number of benzene rings is 1. The molecule has 0 unspecified atom stereocenters. The SMILES string of the molecule is CC1(C)CC(=O)Nc2cc(CCN)ccc2O1. The summed E-state index contributed by atoms with van der Waals surface area (Å²) in [7, 11) is 0. The molecule has 0 radical (unpaired) electrons. The molecule has 3 N–H and O–H groups in total.